The third-order valence-corrected chi connectivity index (χ3v) is 2.08. The Bertz CT molecular complexity index is 269. The summed E-state index contributed by atoms with van der Waals surface area (Å²) in [6.07, 6.45) is 0. The number of ketones is 1. The molecule has 0 heterocycles. The van der Waals surface area contributed by atoms with Crippen molar-refractivity contribution in [2.75, 3.05) is 11.9 Å². The van der Waals surface area contributed by atoms with Gasteiger partial charge in [-0.25, -0.2) is 0 Å². The average molecular weight is 177 g/mol. The van der Waals surface area contributed by atoms with Gasteiger partial charge in [0.05, 0.1) is 0 Å². The molecule has 0 aliphatic heterocycles. The van der Waals surface area contributed by atoms with Crippen LogP contribution in [-0.4, -0.2) is 12.3 Å². The number of hydrogen-bond acceptors (Lipinski definition) is 2. The third-order valence-electron chi connectivity index (χ3n) is 2.08. The number of anilines is 1. The number of rotatable bonds is 4. The molecule has 0 amide bonds. The van der Waals surface area contributed by atoms with Crippen molar-refractivity contribution in [1.29, 1.82) is 0 Å². The highest BCUT2D eigenvalue weighted by Gasteiger charge is 2.05. The number of nitrogens with one attached hydrogen (secondary N) is 1. The highest BCUT2D eigenvalue weighted by Crippen LogP contribution is 2.06. The van der Waals surface area contributed by atoms with E-state index >= 15 is 0 Å². The second-order valence-corrected chi connectivity index (χ2v) is 3.26. The molecule has 0 saturated carbocycles. The molecular formula is C11H15NO. The van der Waals surface area contributed by atoms with Crippen molar-refractivity contribution in [3.63, 3.8) is 0 Å². The van der Waals surface area contributed by atoms with Crippen LogP contribution in [0.15, 0.2) is 30.3 Å². The van der Waals surface area contributed by atoms with E-state index in [1.54, 1.807) is 6.92 Å². The van der Waals surface area contributed by atoms with Gasteiger partial charge in [-0.05, 0) is 19.1 Å². The number of para-hydroxylation sites is 1. The Labute approximate surface area is 79.0 Å². The van der Waals surface area contributed by atoms with Gasteiger partial charge in [0.2, 0.25) is 0 Å². The zero-order valence-corrected chi connectivity index (χ0v) is 8.08. The lowest BCUT2D eigenvalue weighted by Crippen LogP contribution is -2.17. The predicted molar refractivity (Wildman–Crippen MR) is 54.8 cm³/mol. The van der Waals surface area contributed by atoms with Gasteiger partial charge in [-0.1, -0.05) is 25.1 Å². The lowest BCUT2D eigenvalue weighted by atomic mass is 10.1. The molecule has 0 radical (unpaired) electrons. The molecule has 1 atom stereocenters. The summed E-state index contributed by atoms with van der Waals surface area (Å²) in [5.74, 6) is 0.309. The van der Waals surface area contributed by atoms with E-state index < -0.39 is 0 Å². The van der Waals surface area contributed by atoms with Crippen LogP contribution in [0, 0.1) is 5.92 Å². The summed E-state index contributed by atoms with van der Waals surface area (Å²) in [6.45, 7) is 4.26. The van der Waals surface area contributed by atoms with Crippen molar-refractivity contribution < 1.29 is 4.79 Å². The second-order valence-electron chi connectivity index (χ2n) is 3.26. The molecule has 70 valence electrons. The molecule has 2 nitrogen and oxygen atoms in total. The maximum atomic E-state index is 10.9. The van der Waals surface area contributed by atoms with E-state index in [-0.39, 0.29) is 11.7 Å². The van der Waals surface area contributed by atoms with Crippen molar-refractivity contribution >= 4 is 11.5 Å². The number of hydrogen-bond donors (Lipinski definition) is 1. The first-order valence-corrected chi connectivity index (χ1v) is 4.49. The Morgan fingerprint density at radius 3 is 2.54 bits per heavy atom. The molecular weight excluding hydrogens is 162 g/mol. The van der Waals surface area contributed by atoms with E-state index in [2.05, 4.69) is 5.32 Å². The van der Waals surface area contributed by atoms with Gasteiger partial charge in [0.15, 0.2) is 0 Å². The van der Waals surface area contributed by atoms with E-state index in [4.69, 9.17) is 0 Å². The summed E-state index contributed by atoms with van der Waals surface area (Å²) < 4.78 is 0. The summed E-state index contributed by atoms with van der Waals surface area (Å²) in [6, 6.07) is 9.90. The zero-order chi connectivity index (χ0) is 9.68. The molecule has 0 saturated heterocycles. The Morgan fingerprint density at radius 2 is 2.00 bits per heavy atom. The Balaban J connectivity index is 2.39. The molecule has 1 rings (SSSR count). The normalized spacial score (nSPS) is 12.2. The Kier molecular flexibility index (Phi) is 3.50. The Morgan fingerprint density at radius 1 is 1.38 bits per heavy atom. The Hall–Kier alpha value is -1.31. The van der Waals surface area contributed by atoms with Gasteiger partial charge in [0.25, 0.3) is 0 Å². The molecule has 1 N–H and O–H groups in total. The minimum absolute atomic E-state index is 0.0835. The van der Waals surface area contributed by atoms with E-state index in [1.807, 2.05) is 37.3 Å². The minimum atomic E-state index is 0.0835. The van der Waals surface area contributed by atoms with Gasteiger partial charge in [-0.3, -0.25) is 4.79 Å². The third kappa shape index (κ3) is 3.28. The van der Waals surface area contributed by atoms with Crippen LogP contribution in [0.25, 0.3) is 0 Å². The average Bonchev–Trinajstić information content (AvgIpc) is 2.15. The van der Waals surface area contributed by atoms with Gasteiger partial charge in [0.1, 0.15) is 5.78 Å². The van der Waals surface area contributed by atoms with E-state index in [1.165, 1.54) is 0 Å². The largest absolute Gasteiger partial charge is 0.384 e. The first-order chi connectivity index (χ1) is 6.20. The van der Waals surface area contributed by atoms with Gasteiger partial charge in [-0.15, -0.1) is 0 Å². The van der Waals surface area contributed by atoms with Crippen LogP contribution >= 0.6 is 0 Å². The van der Waals surface area contributed by atoms with E-state index in [9.17, 15) is 4.79 Å². The molecule has 0 spiro atoms. The van der Waals surface area contributed by atoms with Crippen LogP contribution in [0.2, 0.25) is 0 Å². The molecule has 0 fully saturated rings. The lowest BCUT2D eigenvalue weighted by Gasteiger charge is -2.09. The first kappa shape index (κ1) is 9.78. The summed E-state index contributed by atoms with van der Waals surface area (Å²) in [4.78, 5) is 10.9. The van der Waals surface area contributed by atoms with Crippen molar-refractivity contribution in [1.82, 2.24) is 0 Å². The summed E-state index contributed by atoms with van der Waals surface area (Å²) in [7, 11) is 0. The molecule has 2 heteroatoms. The highest BCUT2D eigenvalue weighted by molar-refractivity contribution is 5.78. The van der Waals surface area contributed by atoms with Crippen LogP contribution in [0.4, 0.5) is 5.69 Å². The molecule has 0 bridgehead atoms. The number of Topliss-reactive ketones (excluding diaryl/α,β-unsaturated/α-hetero) is 1. The van der Waals surface area contributed by atoms with Crippen molar-refractivity contribution in [2.45, 2.75) is 13.8 Å². The SMILES string of the molecule is CC(=O)C(C)CNc1ccccc1. The van der Waals surface area contributed by atoms with Crippen molar-refractivity contribution in [2.24, 2.45) is 5.92 Å². The van der Waals surface area contributed by atoms with Crippen LogP contribution in [0.1, 0.15) is 13.8 Å². The molecule has 0 aromatic heterocycles. The summed E-state index contributed by atoms with van der Waals surface area (Å²) >= 11 is 0. The van der Waals surface area contributed by atoms with Gasteiger partial charge < -0.3 is 5.32 Å². The fourth-order valence-corrected chi connectivity index (χ4v) is 0.971. The van der Waals surface area contributed by atoms with Crippen LogP contribution in [0.5, 0.6) is 0 Å². The maximum absolute atomic E-state index is 10.9. The molecule has 1 aromatic carbocycles. The van der Waals surface area contributed by atoms with Crippen LogP contribution in [0.3, 0.4) is 0 Å². The van der Waals surface area contributed by atoms with Gasteiger partial charge >= 0.3 is 0 Å². The molecule has 0 aliphatic carbocycles. The van der Waals surface area contributed by atoms with Crippen LogP contribution in [-0.2, 0) is 4.79 Å². The number of benzene rings is 1. The predicted octanol–water partition coefficient (Wildman–Crippen LogP) is 2.32. The minimum Gasteiger partial charge on any atom is -0.384 e. The first-order valence-electron chi connectivity index (χ1n) is 4.49. The number of carbonyl (C=O) groups excluding carboxylic acids is 1. The second kappa shape index (κ2) is 4.65. The van der Waals surface area contributed by atoms with Crippen LogP contribution < -0.4 is 5.32 Å². The fourth-order valence-electron chi connectivity index (χ4n) is 0.971. The monoisotopic (exact) mass is 177 g/mol. The highest BCUT2D eigenvalue weighted by atomic mass is 16.1. The smallest absolute Gasteiger partial charge is 0.134 e. The molecule has 1 unspecified atom stereocenters. The summed E-state index contributed by atoms with van der Waals surface area (Å²) in [5, 5.41) is 3.20. The fraction of sp³-hybridized carbons (Fsp3) is 0.364. The molecule has 13 heavy (non-hydrogen) atoms. The topological polar surface area (TPSA) is 29.1 Å². The van der Waals surface area contributed by atoms with E-state index in [0.29, 0.717) is 6.54 Å². The lowest BCUT2D eigenvalue weighted by molar-refractivity contribution is -0.119. The van der Waals surface area contributed by atoms with Crippen molar-refractivity contribution in [3.05, 3.63) is 30.3 Å². The van der Waals surface area contributed by atoms with E-state index in [0.717, 1.165) is 5.69 Å². The number of carbonyl (C=O) groups is 1. The van der Waals surface area contributed by atoms with Crippen molar-refractivity contribution in [3.8, 4) is 0 Å². The standard InChI is InChI=1S/C11H15NO/c1-9(10(2)13)8-12-11-6-4-3-5-7-11/h3-7,9,12H,8H2,1-2H3. The summed E-state index contributed by atoms with van der Waals surface area (Å²) in [5.41, 5.74) is 1.07. The maximum Gasteiger partial charge on any atom is 0.134 e. The van der Waals surface area contributed by atoms with Gasteiger partial charge in [0, 0.05) is 18.2 Å². The quantitative estimate of drug-likeness (QED) is 0.764. The molecule has 0 aliphatic rings. The molecule has 1 aromatic rings. The zero-order valence-electron chi connectivity index (χ0n) is 8.08. The van der Waals surface area contributed by atoms with Gasteiger partial charge in [-0.2, -0.15) is 0 Å².